The second-order valence-electron chi connectivity index (χ2n) is 6.24. The van der Waals surface area contributed by atoms with Crippen LogP contribution in [0.5, 0.6) is 0 Å². The zero-order valence-corrected chi connectivity index (χ0v) is 15.9. The molecule has 0 amide bonds. The van der Waals surface area contributed by atoms with Crippen molar-refractivity contribution in [3.63, 3.8) is 0 Å². The normalized spacial score (nSPS) is 10.8. The van der Waals surface area contributed by atoms with Crippen LogP contribution >= 0.6 is 11.6 Å². The van der Waals surface area contributed by atoms with Crippen molar-refractivity contribution >= 4 is 34.2 Å². The third-order valence-electron chi connectivity index (χ3n) is 4.35. The molecule has 0 unspecified atom stereocenters. The van der Waals surface area contributed by atoms with Crippen LogP contribution in [0.15, 0.2) is 53.2 Å². The smallest absolute Gasteiger partial charge is 0.202 e. The van der Waals surface area contributed by atoms with Gasteiger partial charge >= 0.3 is 0 Å². The first-order valence-electron chi connectivity index (χ1n) is 8.85. The predicted molar refractivity (Wildman–Crippen MR) is 108 cm³/mol. The van der Waals surface area contributed by atoms with Crippen molar-refractivity contribution in [1.29, 1.82) is 5.26 Å². The molecule has 2 heterocycles. The molecule has 0 bridgehead atoms. The Morgan fingerprint density at radius 2 is 1.97 bits per heavy atom. The topological polar surface area (TPSA) is 110 Å². The summed E-state index contributed by atoms with van der Waals surface area (Å²) in [6.45, 7) is 0.448. The lowest BCUT2D eigenvalue weighted by Gasteiger charge is -2.08. The van der Waals surface area contributed by atoms with Gasteiger partial charge < -0.3 is 9.88 Å². The van der Waals surface area contributed by atoms with E-state index in [1.165, 1.54) is 0 Å². The summed E-state index contributed by atoms with van der Waals surface area (Å²) in [6.07, 6.45) is 0.303. The van der Waals surface area contributed by atoms with E-state index in [0.717, 1.165) is 11.0 Å². The number of nitrogens with one attached hydrogen (secondary N) is 1. The largest absolute Gasteiger partial charge is 0.364 e. The van der Waals surface area contributed by atoms with Gasteiger partial charge in [0.1, 0.15) is 0 Å². The number of carbonyl (C=O) groups excluding carboxylic acids is 1. The van der Waals surface area contributed by atoms with Gasteiger partial charge in [-0.3, -0.25) is 4.79 Å². The van der Waals surface area contributed by atoms with Crippen LogP contribution in [0.3, 0.4) is 0 Å². The van der Waals surface area contributed by atoms with E-state index in [2.05, 4.69) is 26.7 Å². The molecule has 0 aliphatic carbocycles. The summed E-state index contributed by atoms with van der Waals surface area (Å²) < 4.78 is 6.67. The number of anilines is 1. The maximum absolute atomic E-state index is 12.9. The van der Waals surface area contributed by atoms with Gasteiger partial charge in [-0.15, -0.1) is 0 Å². The molecule has 0 spiro atoms. The van der Waals surface area contributed by atoms with E-state index in [9.17, 15) is 4.79 Å². The summed E-state index contributed by atoms with van der Waals surface area (Å²) in [7, 11) is 0. The molecule has 2 aromatic heterocycles. The van der Waals surface area contributed by atoms with E-state index in [1.54, 1.807) is 28.8 Å². The Hall–Kier alpha value is -3.70. The number of Topliss-reactive ketones (excluding diaryl/α,β-unsaturated/α-hetero) is 1. The maximum atomic E-state index is 12.9. The van der Waals surface area contributed by atoms with Crippen LogP contribution in [-0.2, 0) is 6.54 Å². The quantitative estimate of drug-likeness (QED) is 0.365. The predicted octanol–water partition coefficient (Wildman–Crippen LogP) is 3.95. The fraction of sp³-hybridized carbons (Fsp3) is 0.150. The van der Waals surface area contributed by atoms with Crippen LogP contribution in [0.4, 0.5) is 5.82 Å². The van der Waals surface area contributed by atoms with Gasteiger partial charge in [0.05, 0.1) is 30.1 Å². The van der Waals surface area contributed by atoms with E-state index in [1.807, 2.05) is 24.3 Å². The zero-order chi connectivity index (χ0) is 20.2. The number of nitriles is 1. The molecule has 9 heteroatoms. The van der Waals surface area contributed by atoms with Crippen molar-refractivity contribution < 1.29 is 9.42 Å². The van der Waals surface area contributed by atoms with Gasteiger partial charge in [0, 0.05) is 17.1 Å². The van der Waals surface area contributed by atoms with Crippen molar-refractivity contribution in [2.24, 2.45) is 0 Å². The molecule has 4 rings (SSSR count). The zero-order valence-electron chi connectivity index (χ0n) is 15.2. The first-order valence-corrected chi connectivity index (χ1v) is 9.23. The lowest BCUT2D eigenvalue weighted by atomic mass is 10.1. The highest BCUT2D eigenvalue weighted by molar-refractivity contribution is 6.30. The molecule has 29 heavy (non-hydrogen) atoms. The summed E-state index contributed by atoms with van der Waals surface area (Å²) in [6, 6.07) is 16.3. The van der Waals surface area contributed by atoms with Crippen LogP contribution < -0.4 is 5.32 Å². The minimum atomic E-state index is -0.0958. The third kappa shape index (κ3) is 3.81. The summed E-state index contributed by atoms with van der Waals surface area (Å²) in [4.78, 5) is 17.5. The van der Waals surface area contributed by atoms with Gasteiger partial charge in [-0.1, -0.05) is 23.7 Å². The van der Waals surface area contributed by atoms with E-state index in [-0.39, 0.29) is 12.3 Å². The Labute approximate surface area is 170 Å². The fourth-order valence-electron chi connectivity index (χ4n) is 2.98. The van der Waals surface area contributed by atoms with Gasteiger partial charge in [-0.2, -0.15) is 5.26 Å². The highest BCUT2D eigenvalue weighted by Gasteiger charge is 2.22. The lowest BCUT2D eigenvalue weighted by molar-refractivity contribution is 0.0974. The lowest BCUT2D eigenvalue weighted by Crippen LogP contribution is -2.12. The molecule has 0 saturated carbocycles. The van der Waals surface area contributed by atoms with E-state index in [0.29, 0.717) is 40.9 Å². The SMILES string of the molecule is N#CCCNc1nonc1-c1nc2ccccc2n1CC(=O)c1ccc(Cl)cc1. The minimum absolute atomic E-state index is 0.0575. The summed E-state index contributed by atoms with van der Waals surface area (Å²) in [5.41, 5.74) is 2.43. The minimum Gasteiger partial charge on any atom is -0.364 e. The first-order chi connectivity index (χ1) is 14.2. The van der Waals surface area contributed by atoms with Gasteiger partial charge in [-0.05, 0) is 46.7 Å². The molecule has 2 aromatic carbocycles. The van der Waals surface area contributed by atoms with E-state index in [4.69, 9.17) is 21.5 Å². The molecule has 8 nitrogen and oxygen atoms in total. The number of carbonyl (C=O) groups is 1. The molecule has 0 fully saturated rings. The number of fused-ring (bicyclic) bond motifs is 1. The Balaban J connectivity index is 1.74. The summed E-state index contributed by atoms with van der Waals surface area (Å²) >= 11 is 5.92. The Morgan fingerprint density at radius 3 is 2.76 bits per heavy atom. The van der Waals surface area contributed by atoms with E-state index >= 15 is 0 Å². The number of para-hydroxylation sites is 2. The van der Waals surface area contributed by atoms with Crippen molar-refractivity contribution in [3.05, 3.63) is 59.1 Å². The van der Waals surface area contributed by atoms with Crippen LogP contribution in [0.2, 0.25) is 5.02 Å². The van der Waals surface area contributed by atoms with Gasteiger partial charge in [0.25, 0.3) is 0 Å². The van der Waals surface area contributed by atoms with Crippen molar-refractivity contribution in [2.75, 3.05) is 11.9 Å². The average molecular weight is 407 g/mol. The molecule has 1 N–H and O–H groups in total. The molecule has 144 valence electrons. The van der Waals surface area contributed by atoms with Crippen molar-refractivity contribution in [1.82, 2.24) is 19.9 Å². The highest BCUT2D eigenvalue weighted by Crippen LogP contribution is 2.28. The molecule has 0 aliphatic rings. The molecule has 0 aliphatic heterocycles. The number of nitrogens with zero attached hydrogens (tertiary/aromatic N) is 5. The first kappa shape index (κ1) is 18.7. The second kappa shape index (κ2) is 8.12. The highest BCUT2D eigenvalue weighted by atomic mass is 35.5. The monoisotopic (exact) mass is 406 g/mol. The van der Waals surface area contributed by atoms with Gasteiger partial charge in [-0.25, -0.2) is 9.61 Å². The van der Waals surface area contributed by atoms with Gasteiger partial charge in [0.2, 0.25) is 5.82 Å². The van der Waals surface area contributed by atoms with Crippen molar-refractivity contribution in [3.8, 4) is 17.6 Å². The molecular formula is C20H15ClN6O2. The number of benzene rings is 2. The number of imidazole rings is 1. The van der Waals surface area contributed by atoms with Crippen LogP contribution in [0, 0.1) is 11.3 Å². The van der Waals surface area contributed by atoms with E-state index < -0.39 is 0 Å². The van der Waals surface area contributed by atoms with Gasteiger partial charge in [0.15, 0.2) is 17.3 Å². The average Bonchev–Trinajstić information content (AvgIpc) is 3.33. The standard InChI is InChI=1S/C20H15ClN6O2/c21-14-8-6-13(7-9-14)17(28)12-27-16-5-2-1-4-15(16)24-20(27)18-19(26-29-25-18)23-11-3-10-22/h1-2,4-9H,3,11-12H2,(H,23,26). The second-order valence-corrected chi connectivity index (χ2v) is 6.67. The summed E-state index contributed by atoms with van der Waals surface area (Å²) in [5, 5.41) is 20.1. The van der Waals surface area contributed by atoms with Crippen molar-refractivity contribution in [2.45, 2.75) is 13.0 Å². The number of aromatic nitrogens is 4. The van der Waals surface area contributed by atoms with Crippen LogP contribution in [0.1, 0.15) is 16.8 Å². The number of rotatable bonds is 7. The maximum Gasteiger partial charge on any atom is 0.202 e. The van der Waals surface area contributed by atoms with Crippen LogP contribution in [0.25, 0.3) is 22.6 Å². The molecular weight excluding hydrogens is 392 g/mol. The number of hydrogen-bond donors (Lipinski definition) is 1. The number of halogens is 1. The Kier molecular flexibility index (Phi) is 5.22. The Bertz CT molecular complexity index is 1210. The third-order valence-corrected chi connectivity index (χ3v) is 4.60. The molecule has 0 atom stereocenters. The number of ketones is 1. The molecule has 0 radical (unpaired) electrons. The number of hydrogen-bond acceptors (Lipinski definition) is 7. The van der Waals surface area contributed by atoms with Crippen LogP contribution in [-0.4, -0.2) is 32.2 Å². The molecule has 0 saturated heterocycles. The Morgan fingerprint density at radius 1 is 1.17 bits per heavy atom. The fourth-order valence-corrected chi connectivity index (χ4v) is 3.10. The summed E-state index contributed by atoms with van der Waals surface area (Å²) in [5.74, 6) is 0.728. The molecule has 4 aromatic rings.